The molecule has 94 valence electrons. The summed E-state index contributed by atoms with van der Waals surface area (Å²) in [6.07, 6.45) is 13.3. The van der Waals surface area contributed by atoms with Crippen LogP contribution in [-0.4, -0.2) is 13.1 Å². The molecule has 2 saturated carbocycles. The van der Waals surface area contributed by atoms with Gasteiger partial charge < -0.3 is 5.32 Å². The van der Waals surface area contributed by atoms with Crippen LogP contribution in [0.1, 0.15) is 64.7 Å². The number of rotatable bonds is 5. The predicted octanol–water partition coefficient (Wildman–Crippen LogP) is 3.98. The van der Waals surface area contributed by atoms with Crippen LogP contribution >= 0.6 is 0 Å². The maximum atomic E-state index is 3.69. The van der Waals surface area contributed by atoms with Crippen molar-refractivity contribution >= 4 is 0 Å². The van der Waals surface area contributed by atoms with E-state index in [1.54, 1.807) is 0 Å². The lowest BCUT2D eigenvalue weighted by Gasteiger charge is -2.26. The molecule has 1 N–H and O–H groups in total. The largest absolute Gasteiger partial charge is 0.316 e. The fourth-order valence-corrected chi connectivity index (χ4v) is 3.44. The van der Waals surface area contributed by atoms with E-state index in [0.717, 1.165) is 17.8 Å². The Hall–Kier alpha value is -0.0400. The maximum Gasteiger partial charge on any atom is -0.00205 e. The molecule has 0 amide bonds. The molecule has 1 heteroatoms. The van der Waals surface area contributed by atoms with E-state index in [4.69, 9.17) is 0 Å². The summed E-state index contributed by atoms with van der Waals surface area (Å²) < 4.78 is 0. The monoisotopic (exact) mass is 223 g/mol. The van der Waals surface area contributed by atoms with Gasteiger partial charge in [-0.3, -0.25) is 0 Å². The first-order valence-corrected chi connectivity index (χ1v) is 7.55. The Balaban J connectivity index is 1.48. The summed E-state index contributed by atoms with van der Waals surface area (Å²) in [7, 11) is 0. The highest BCUT2D eigenvalue weighted by molar-refractivity contribution is 4.72. The molecular formula is C15H29N. The molecule has 0 aromatic heterocycles. The normalized spacial score (nSPS) is 32.1. The topological polar surface area (TPSA) is 12.0 Å². The van der Waals surface area contributed by atoms with Crippen molar-refractivity contribution in [1.82, 2.24) is 5.32 Å². The SMILES string of the molecule is CC1CCC(CCNCC2CCCC2)CC1. The molecule has 0 radical (unpaired) electrons. The first-order chi connectivity index (χ1) is 7.84. The van der Waals surface area contributed by atoms with Crippen LogP contribution in [0.4, 0.5) is 0 Å². The Labute approximate surface area is 101 Å². The van der Waals surface area contributed by atoms with Gasteiger partial charge >= 0.3 is 0 Å². The molecule has 2 aliphatic carbocycles. The molecule has 0 heterocycles. The third kappa shape index (κ3) is 4.08. The highest BCUT2D eigenvalue weighted by atomic mass is 14.9. The zero-order chi connectivity index (χ0) is 11.2. The summed E-state index contributed by atoms with van der Waals surface area (Å²) >= 11 is 0. The minimum Gasteiger partial charge on any atom is -0.316 e. The van der Waals surface area contributed by atoms with E-state index in [-0.39, 0.29) is 0 Å². The van der Waals surface area contributed by atoms with Crippen LogP contribution in [0.3, 0.4) is 0 Å². The van der Waals surface area contributed by atoms with Crippen molar-refractivity contribution in [2.75, 3.05) is 13.1 Å². The molecule has 2 aliphatic rings. The van der Waals surface area contributed by atoms with Gasteiger partial charge in [0.2, 0.25) is 0 Å². The average Bonchev–Trinajstić information content (AvgIpc) is 2.80. The molecule has 0 atom stereocenters. The van der Waals surface area contributed by atoms with Gasteiger partial charge in [0, 0.05) is 0 Å². The van der Waals surface area contributed by atoms with Crippen molar-refractivity contribution in [1.29, 1.82) is 0 Å². The molecule has 0 aliphatic heterocycles. The Morgan fingerprint density at radius 2 is 1.56 bits per heavy atom. The van der Waals surface area contributed by atoms with Crippen molar-refractivity contribution in [3.05, 3.63) is 0 Å². The van der Waals surface area contributed by atoms with Crippen molar-refractivity contribution in [2.45, 2.75) is 64.7 Å². The molecule has 2 rings (SSSR count). The van der Waals surface area contributed by atoms with E-state index >= 15 is 0 Å². The zero-order valence-electron chi connectivity index (χ0n) is 11.0. The van der Waals surface area contributed by atoms with E-state index < -0.39 is 0 Å². The van der Waals surface area contributed by atoms with Crippen LogP contribution in [0.2, 0.25) is 0 Å². The minimum absolute atomic E-state index is 1.00. The first-order valence-electron chi connectivity index (χ1n) is 7.55. The first kappa shape index (κ1) is 12.4. The second-order valence-corrected chi connectivity index (χ2v) is 6.27. The van der Waals surface area contributed by atoms with Gasteiger partial charge in [-0.05, 0) is 50.1 Å². The highest BCUT2D eigenvalue weighted by Gasteiger charge is 2.18. The van der Waals surface area contributed by atoms with Crippen molar-refractivity contribution in [3.8, 4) is 0 Å². The molecular weight excluding hydrogens is 194 g/mol. The molecule has 0 saturated heterocycles. The van der Waals surface area contributed by atoms with Gasteiger partial charge in [-0.25, -0.2) is 0 Å². The summed E-state index contributed by atoms with van der Waals surface area (Å²) in [5, 5.41) is 3.69. The molecule has 16 heavy (non-hydrogen) atoms. The Kier molecular flexibility index (Phi) is 5.15. The van der Waals surface area contributed by atoms with Crippen molar-refractivity contribution < 1.29 is 0 Å². The number of hydrogen-bond donors (Lipinski definition) is 1. The van der Waals surface area contributed by atoms with Gasteiger partial charge in [-0.15, -0.1) is 0 Å². The molecule has 2 fully saturated rings. The Morgan fingerprint density at radius 1 is 0.875 bits per heavy atom. The predicted molar refractivity (Wildman–Crippen MR) is 70.6 cm³/mol. The van der Waals surface area contributed by atoms with Crippen LogP contribution in [0.25, 0.3) is 0 Å². The highest BCUT2D eigenvalue weighted by Crippen LogP contribution is 2.30. The van der Waals surface area contributed by atoms with E-state index in [2.05, 4.69) is 12.2 Å². The third-order valence-electron chi connectivity index (χ3n) is 4.77. The van der Waals surface area contributed by atoms with E-state index in [9.17, 15) is 0 Å². The van der Waals surface area contributed by atoms with E-state index in [0.29, 0.717) is 0 Å². The molecule has 0 unspecified atom stereocenters. The fourth-order valence-electron chi connectivity index (χ4n) is 3.44. The fraction of sp³-hybridized carbons (Fsp3) is 1.00. The molecule has 0 aromatic carbocycles. The molecule has 0 aromatic rings. The lowest BCUT2D eigenvalue weighted by Crippen LogP contribution is -2.25. The van der Waals surface area contributed by atoms with Crippen LogP contribution in [0.5, 0.6) is 0 Å². The third-order valence-corrected chi connectivity index (χ3v) is 4.77. The van der Waals surface area contributed by atoms with E-state index in [1.165, 1.54) is 70.9 Å². The second kappa shape index (κ2) is 6.64. The summed E-state index contributed by atoms with van der Waals surface area (Å²) in [6.45, 7) is 4.98. The van der Waals surface area contributed by atoms with Crippen LogP contribution < -0.4 is 5.32 Å². The standard InChI is InChI=1S/C15H29N/c1-13-6-8-14(9-7-13)10-11-16-12-15-4-2-3-5-15/h13-16H,2-12H2,1H3. The minimum atomic E-state index is 1.00. The van der Waals surface area contributed by atoms with Gasteiger partial charge in [-0.1, -0.05) is 45.4 Å². The summed E-state index contributed by atoms with van der Waals surface area (Å²) in [5.74, 6) is 3.04. The van der Waals surface area contributed by atoms with Gasteiger partial charge in [0.15, 0.2) is 0 Å². The molecule has 0 spiro atoms. The van der Waals surface area contributed by atoms with Crippen LogP contribution in [0, 0.1) is 17.8 Å². The summed E-state index contributed by atoms with van der Waals surface area (Å²) in [4.78, 5) is 0. The second-order valence-electron chi connectivity index (χ2n) is 6.27. The number of hydrogen-bond acceptors (Lipinski definition) is 1. The summed E-state index contributed by atoms with van der Waals surface area (Å²) in [5.41, 5.74) is 0. The van der Waals surface area contributed by atoms with E-state index in [1.807, 2.05) is 0 Å². The van der Waals surface area contributed by atoms with Gasteiger partial charge in [0.25, 0.3) is 0 Å². The number of nitrogens with one attached hydrogen (secondary N) is 1. The lowest BCUT2D eigenvalue weighted by molar-refractivity contribution is 0.274. The van der Waals surface area contributed by atoms with Gasteiger partial charge in [-0.2, -0.15) is 0 Å². The van der Waals surface area contributed by atoms with Gasteiger partial charge in [0.05, 0.1) is 0 Å². The Bertz CT molecular complexity index is 176. The Morgan fingerprint density at radius 3 is 2.25 bits per heavy atom. The zero-order valence-corrected chi connectivity index (χ0v) is 11.0. The smallest absolute Gasteiger partial charge is 0.00205 e. The maximum absolute atomic E-state index is 3.69. The van der Waals surface area contributed by atoms with Gasteiger partial charge in [0.1, 0.15) is 0 Å². The average molecular weight is 223 g/mol. The molecule has 1 nitrogen and oxygen atoms in total. The summed E-state index contributed by atoms with van der Waals surface area (Å²) in [6, 6.07) is 0. The van der Waals surface area contributed by atoms with Crippen molar-refractivity contribution in [3.63, 3.8) is 0 Å². The van der Waals surface area contributed by atoms with Crippen LogP contribution in [0.15, 0.2) is 0 Å². The van der Waals surface area contributed by atoms with Crippen molar-refractivity contribution in [2.24, 2.45) is 17.8 Å². The molecule has 0 bridgehead atoms. The lowest BCUT2D eigenvalue weighted by atomic mass is 9.81. The quantitative estimate of drug-likeness (QED) is 0.695. The van der Waals surface area contributed by atoms with Crippen LogP contribution in [-0.2, 0) is 0 Å².